The van der Waals surface area contributed by atoms with E-state index in [4.69, 9.17) is 9.47 Å². The van der Waals surface area contributed by atoms with E-state index in [1.165, 1.54) is 0 Å². The summed E-state index contributed by atoms with van der Waals surface area (Å²) in [5.74, 6) is -1.08. The third-order valence-corrected chi connectivity index (χ3v) is 4.35. The first-order chi connectivity index (χ1) is 15.2. The highest BCUT2D eigenvalue weighted by atomic mass is 16.6. The monoisotopic (exact) mass is 451 g/mol. The summed E-state index contributed by atoms with van der Waals surface area (Å²) in [6.45, 7) is 7.59. The molecule has 1 rings (SSSR count). The number of rotatable bonds is 14. The average Bonchev–Trinajstić information content (AvgIpc) is 2.72. The van der Waals surface area contributed by atoms with Gasteiger partial charge in [0.25, 0.3) is 0 Å². The van der Waals surface area contributed by atoms with Gasteiger partial charge in [-0.05, 0) is 65.1 Å². The van der Waals surface area contributed by atoms with E-state index in [0.29, 0.717) is 25.9 Å². The molecule has 0 saturated heterocycles. The van der Waals surface area contributed by atoms with Gasteiger partial charge in [-0.15, -0.1) is 0 Å². The maximum absolute atomic E-state index is 11.9. The third kappa shape index (κ3) is 14.2. The quantitative estimate of drug-likeness (QED) is 0.319. The van der Waals surface area contributed by atoms with E-state index < -0.39 is 29.8 Å². The average molecular weight is 452 g/mol. The van der Waals surface area contributed by atoms with Gasteiger partial charge in [0.1, 0.15) is 18.2 Å². The molecule has 0 saturated carbocycles. The van der Waals surface area contributed by atoms with Crippen molar-refractivity contribution in [3.63, 3.8) is 0 Å². The fourth-order valence-corrected chi connectivity index (χ4v) is 2.78. The standard InChI is InChI=1S/C23H37N3O6/c1-23(2,3)32-21(29)25-16-9-5-8-14-24-15-10-13-19(20(27)28)26-22(30)31-17-18-11-6-4-7-12-18/h4,6-7,11-12,19,24H,5,8-10,13-17H2,1-3H3,(H,25,29)(H,26,30)(H,27,28). The van der Waals surface area contributed by atoms with Crippen LogP contribution in [0.2, 0.25) is 0 Å². The van der Waals surface area contributed by atoms with Gasteiger partial charge in [0.2, 0.25) is 0 Å². The highest BCUT2D eigenvalue weighted by Gasteiger charge is 2.20. The van der Waals surface area contributed by atoms with E-state index in [1.54, 1.807) is 0 Å². The molecule has 0 radical (unpaired) electrons. The van der Waals surface area contributed by atoms with Crippen LogP contribution in [0.3, 0.4) is 0 Å². The summed E-state index contributed by atoms with van der Waals surface area (Å²) in [6, 6.07) is 8.20. The number of aliphatic carboxylic acids is 1. The van der Waals surface area contributed by atoms with Gasteiger partial charge in [0, 0.05) is 6.54 Å². The number of carboxylic acid groups (broad SMARTS) is 1. The van der Waals surface area contributed by atoms with Gasteiger partial charge in [-0.3, -0.25) is 0 Å². The Labute approximate surface area is 190 Å². The maximum Gasteiger partial charge on any atom is 0.408 e. The minimum absolute atomic E-state index is 0.0911. The van der Waals surface area contributed by atoms with Crippen molar-refractivity contribution in [2.45, 2.75) is 71.1 Å². The SMILES string of the molecule is CC(C)(C)OC(=O)NCCCCCNCCCC(NC(=O)OCc1ccccc1)C(=O)O. The second-order valence-corrected chi connectivity index (χ2v) is 8.48. The Kier molecular flexibility index (Phi) is 12.8. The number of hydrogen-bond acceptors (Lipinski definition) is 6. The smallest absolute Gasteiger partial charge is 0.408 e. The lowest BCUT2D eigenvalue weighted by molar-refractivity contribution is -0.139. The number of nitrogens with one attached hydrogen (secondary N) is 3. The molecule has 1 aromatic rings. The Morgan fingerprint density at radius 1 is 0.938 bits per heavy atom. The molecule has 1 atom stereocenters. The van der Waals surface area contributed by atoms with Crippen LogP contribution in [0.5, 0.6) is 0 Å². The predicted octanol–water partition coefficient (Wildman–Crippen LogP) is 3.43. The molecule has 180 valence electrons. The molecule has 0 aromatic heterocycles. The zero-order chi connectivity index (χ0) is 23.8. The molecule has 0 fully saturated rings. The van der Waals surface area contributed by atoms with Crippen molar-refractivity contribution in [2.24, 2.45) is 0 Å². The molecule has 0 aliphatic rings. The van der Waals surface area contributed by atoms with Crippen molar-refractivity contribution in [1.29, 1.82) is 0 Å². The van der Waals surface area contributed by atoms with Crippen LogP contribution in [0, 0.1) is 0 Å². The fourth-order valence-electron chi connectivity index (χ4n) is 2.78. The zero-order valence-corrected chi connectivity index (χ0v) is 19.3. The van der Waals surface area contributed by atoms with Gasteiger partial charge in [0.15, 0.2) is 0 Å². The number of carboxylic acids is 1. The van der Waals surface area contributed by atoms with Crippen LogP contribution in [0.15, 0.2) is 30.3 Å². The van der Waals surface area contributed by atoms with Crippen molar-refractivity contribution in [3.8, 4) is 0 Å². The molecule has 0 heterocycles. The van der Waals surface area contributed by atoms with Crippen LogP contribution in [0.25, 0.3) is 0 Å². The van der Waals surface area contributed by atoms with Crippen LogP contribution >= 0.6 is 0 Å². The van der Waals surface area contributed by atoms with Crippen molar-refractivity contribution >= 4 is 18.2 Å². The van der Waals surface area contributed by atoms with E-state index in [9.17, 15) is 19.5 Å². The van der Waals surface area contributed by atoms with Crippen molar-refractivity contribution in [2.75, 3.05) is 19.6 Å². The summed E-state index contributed by atoms with van der Waals surface area (Å²) in [4.78, 5) is 34.7. The molecule has 1 aromatic carbocycles. The molecule has 0 aliphatic carbocycles. The lowest BCUT2D eigenvalue weighted by Crippen LogP contribution is -2.41. The van der Waals surface area contributed by atoms with E-state index in [0.717, 1.165) is 31.4 Å². The minimum Gasteiger partial charge on any atom is -0.480 e. The molecular weight excluding hydrogens is 414 g/mol. The van der Waals surface area contributed by atoms with E-state index in [2.05, 4.69) is 16.0 Å². The van der Waals surface area contributed by atoms with Crippen molar-refractivity contribution in [3.05, 3.63) is 35.9 Å². The Bertz CT molecular complexity index is 691. The molecule has 0 spiro atoms. The number of carbonyl (C=O) groups is 3. The highest BCUT2D eigenvalue weighted by molar-refractivity contribution is 5.79. The van der Waals surface area contributed by atoms with E-state index in [1.807, 2.05) is 51.1 Å². The first-order valence-corrected chi connectivity index (χ1v) is 11.0. The normalized spacial score (nSPS) is 12.0. The molecule has 0 bridgehead atoms. The first-order valence-electron chi connectivity index (χ1n) is 11.0. The van der Waals surface area contributed by atoms with Crippen molar-refractivity contribution in [1.82, 2.24) is 16.0 Å². The van der Waals surface area contributed by atoms with Gasteiger partial charge >= 0.3 is 18.2 Å². The highest BCUT2D eigenvalue weighted by Crippen LogP contribution is 2.06. The van der Waals surface area contributed by atoms with Crippen LogP contribution in [-0.2, 0) is 20.9 Å². The molecule has 1 unspecified atom stereocenters. The Balaban J connectivity index is 2.06. The lowest BCUT2D eigenvalue weighted by atomic mass is 10.1. The number of ether oxygens (including phenoxy) is 2. The van der Waals surface area contributed by atoms with Gasteiger partial charge in [-0.1, -0.05) is 36.8 Å². The second kappa shape index (κ2) is 15.1. The van der Waals surface area contributed by atoms with Crippen molar-refractivity contribution < 1.29 is 29.0 Å². The molecule has 2 amide bonds. The number of alkyl carbamates (subject to hydrolysis) is 2. The van der Waals surface area contributed by atoms with Crippen LogP contribution in [0.1, 0.15) is 58.4 Å². The Morgan fingerprint density at radius 2 is 1.59 bits per heavy atom. The number of carbonyl (C=O) groups excluding carboxylic acids is 2. The predicted molar refractivity (Wildman–Crippen MR) is 121 cm³/mol. The van der Waals surface area contributed by atoms with Gasteiger partial charge in [0.05, 0.1) is 0 Å². The fraction of sp³-hybridized carbons (Fsp3) is 0.609. The molecule has 9 heteroatoms. The van der Waals surface area contributed by atoms with Crippen LogP contribution < -0.4 is 16.0 Å². The summed E-state index contributed by atoms with van der Waals surface area (Å²) in [5, 5.41) is 17.7. The number of hydrogen-bond donors (Lipinski definition) is 4. The first kappa shape index (κ1) is 27.2. The van der Waals surface area contributed by atoms with Gasteiger partial charge in [-0.25, -0.2) is 14.4 Å². The molecular formula is C23H37N3O6. The molecule has 9 nitrogen and oxygen atoms in total. The summed E-state index contributed by atoms with van der Waals surface area (Å²) in [5.41, 5.74) is 0.338. The lowest BCUT2D eigenvalue weighted by Gasteiger charge is -2.19. The summed E-state index contributed by atoms with van der Waals surface area (Å²) >= 11 is 0. The van der Waals surface area contributed by atoms with Gasteiger partial charge in [-0.2, -0.15) is 0 Å². The molecule has 4 N–H and O–H groups in total. The molecule has 32 heavy (non-hydrogen) atoms. The number of unbranched alkanes of at least 4 members (excludes halogenated alkanes) is 2. The van der Waals surface area contributed by atoms with Crippen LogP contribution in [0.4, 0.5) is 9.59 Å². The number of amides is 2. The maximum atomic E-state index is 11.9. The second-order valence-electron chi connectivity index (χ2n) is 8.48. The summed E-state index contributed by atoms with van der Waals surface area (Å²) in [6.07, 6.45) is 2.53. The largest absolute Gasteiger partial charge is 0.480 e. The Hall–Kier alpha value is -2.81. The minimum atomic E-state index is -1.08. The zero-order valence-electron chi connectivity index (χ0n) is 19.3. The Morgan fingerprint density at radius 3 is 2.25 bits per heavy atom. The van der Waals surface area contributed by atoms with Crippen LogP contribution in [-0.4, -0.2) is 54.5 Å². The number of benzene rings is 1. The third-order valence-electron chi connectivity index (χ3n) is 4.35. The summed E-state index contributed by atoms with van der Waals surface area (Å²) < 4.78 is 10.2. The summed E-state index contributed by atoms with van der Waals surface area (Å²) in [7, 11) is 0. The molecule has 0 aliphatic heterocycles. The van der Waals surface area contributed by atoms with E-state index >= 15 is 0 Å². The van der Waals surface area contributed by atoms with Gasteiger partial charge < -0.3 is 30.5 Å². The van der Waals surface area contributed by atoms with E-state index in [-0.39, 0.29) is 6.61 Å². The topological polar surface area (TPSA) is 126 Å².